The molecule has 2 aliphatic carbocycles. The molecule has 6 heteroatoms. The Hall–Kier alpha value is -2.11. The fourth-order valence-electron chi connectivity index (χ4n) is 3.91. The van der Waals surface area contributed by atoms with Crippen molar-refractivity contribution in [3.05, 3.63) is 23.8 Å². The van der Waals surface area contributed by atoms with Gasteiger partial charge in [0.1, 0.15) is 0 Å². The molecule has 2 rings (SSSR count). The second-order valence-electron chi connectivity index (χ2n) is 6.57. The summed E-state index contributed by atoms with van der Waals surface area (Å²) < 4.78 is 15.1. The molecular formula is C19H26O6. The molecule has 0 amide bonds. The number of ether oxygens (including phenoxy) is 3. The van der Waals surface area contributed by atoms with Crippen molar-refractivity contribution in [1.82, 2.24) is 0 Å². The van der Waals surface area contributed by atoms with Crippen LogP contribution in [0.25, 0.3) is 0 Å². The van der Waals surface area contributed by atoms with E-state index in [0.717, 1.165) is 5.57 Å². The number of fused-ring (bicyclic) bond motifs is 1. The molecule has 0 radical (unpaired) electrons. The van der Waals surface area contributed by atoms with Gasteiger partial charge >= 0.3 is 17.9 Å². The summed E-state index contributed by atoms with van der Waals surface area (Å²) in [4.78, 5) is 37.0. The first kappa shape index (κ1) is 19.2. The highest BCUT2D eigenvalue weighted by atomic mass is 16.6. The van der Waals surface area contributed by atoms with Crippen molar-refractivity contribution in [3.8, 4) is 0 Å². The van der Waals surface area contributed by atoms with Crippen LogP contribution < -0.4 is 0 Å². The van der Waals surface area contributed by atoms with Crippen LogP contribution in [0.2, 0.25) is 0 Å². The highest BCUT2D eigenvalue weighted by molar-refractivity contribution is 5.95. The predicted octanol–water partition coefficient (Wildman–Crippen LogP) is 2.43. The molecule has 0 bridgehead atoms. The van der Waals surface area contributed by atoms with Crippen molar-refractivity contribution in [2.45, 2.75) is 33.6 Å². The van der Waals surface area contributed by atoms with E-state index in [2.05, 4.69) is 0 Å². The number of hydrogen-bond acceptors (Lipinski definition) is 6. The minimum atomic E-state index is -1.01. The monoisotopic (exact) mass is 350 g/mol. The Balaban J connectivity index is 2.32. The van der Waals surface area contributed by atoms with E-state index < -0.39 is 23.3 Å². The van der Waals surface area contributed by atoms with Crippen LogP contribution in [0.4, 0.5) is 0 Å². The fourth-order valence-corrected chi connectivity index (χ4v) is 3.91. The maximum atomic E-state index is 12.4. The minimum Gasteiger partial charge on any atom is -0.468 e. The van der Waals surface area contributed by atoms with Crippen LogP contribution in [-0.2, 0) is 28.6 Å². The Morgan fingerprint density at radius 3 is 2.32 bits per heavy atom. The van der Waals surface area contributed by atoms with E-state index in [9.17, 15) is 14.4 Å². The summed E-state index contributed by atoms with van der Waals surface area (Å²) in [7, 11) is 1.38. The van der Waals surface area contributed by atoms with Crippen molar-refractivity contribution >= 4 is 17.9 Å². The summed E-state index contributed by atoms with van der Waals surface area (Å²) in [5.41, 5.74) is 0.368. The topological polar surface area (TPSA) is 78.9 Å². The van der Waals surface area contributed by atoms with Crippen LogP contribution in [0.1, 0.15) is 33.6 Å². The molecular weight excluding hydrogens is 324 g/mol. The van der Waals surface area contributed by atoms with Gasteiger partial charge in [-0.25, -0.2) is 0 Å². The minimum absolute atomic E-state index is 0.110. The lowest BCUT2D eigenvalue weighted by Gasteiger charge is -2.37. The van der Waals surface area contributed by atoms with Crippen LogP contribution in [0, 0.1) is 23.2 Å². The van der Waals surface area contributed by atoms with Gasteiger partial charge in [-0.3, -0.25) is 14.4 Å². The molecule has 138 valence electrons. The molecule has 0 fully saturated rings. The molecule has 0 unspecified atom stereocenters. The smallest absolute Gasteiger partial charge is 0.320 e. The van der Waals surface area contributed by atoms with Gasteiger partial charge in [-0.1, -0.05) is 23.8 Å². The molecule has 0 aliphatic heterocycles. The molecule has 0 saturated carbocycles. The maximum absolute atomic E-state index is 12.4. The van der Waals surface area contributed by atoms with Crippen LogP contribution in [-0.4, -0.2) is 38.2 Å². The van der Waals surface area contributed by atoms with Gasteiger partial charge in [-0.2, -0.15) is 0 Å². The quantitative estimate of drug-likeness (QED) is 0.317. The number of carbonyl (C=O) groups is 3. The van der Waals surface area contributed by atoms with Gasteiger partial charge in [0.25, 0.3) is 0 Å². The number of rotatable bonds is 6. The van der Waals surface area contributed by atoms with Crippen molar-refractivity contribution in [2.75, 3.05) is 20.3 Å². The molecule has 25 heavy (non-hydrogen) atoms. The van der Waals surface area contributed by atoms with E-state index in [4.69, 9.17) is 14.2 Å². The number of methoxy groups -OCH3 is 1. The van der Waals surface area contributed by atoms with Crippen LogP contribution in [0.15, 0.2) is 23.8 Å². The summed E-state index contributed by atoms with van der Waals surface area (Å²) in [5, 5.41) is 0. The van der Waals surface area contributed by atoms with Crippen molar-refractivity contribution in [3.63, 3.8) is 0 Å². The van der Waals surface area contributed by atoms with E-state index in [1.54, 1.807) is 26.0 Å². The number of hydrogen-bond donors (Lipinski definition) is 0. The lowest BCUT2D eigenvalue weighted by atomic mass is 9.66. The summed E-state index contributed by atoms with van der Waals surface area (Å²) in [6, 6.07) is 0. The van der Waals surface area contributed by atoms with E-state index in [1.807, 2.05) is 13.0 Å². The van der Waals surface area contributed by atoms with Gasteiger partial charge in [0.15, 0.2) is 5.92 Å². The fraction of sp³-hybridized carbons (Fsp3) is 0.632. The molecule has 0 aromatic rings. The van der Waals surface area contributed by atoms with Crippen LogP contribution in [0.5, 0.6) is 0 Å². The number of esters is 3. The Labute approximate surface area is 148 Å². The second-order valence-corrected chi connectivity index (χ2v) is 6.57. The molecule has 0 N–H and O–H groups in total. The number of allylic oxidation sites excluding steroid dienone is 3. The zero-order chi connectivity index (χ0) is 18.6. The van der Waals surface area contributed by atoms with E-state index in [-0.39, 0.29) is 31.0 Å². The Kier molecular flexibility index (Phi) is 6.03. The SMILES string of the molecule is CCOC(=O)C(C(=O)OCC)[C@H]1C=C[C@]2(C(=O)OC)CC(C)=C[C@@H]2C1. The third kappa shape index (κ3) is 3.62. The molecule has 0 heterocycles. The van der Waals surface area contributed by atoms with Gasteiger partial charge in [-0.05, 0) is 39.5 Å². The van der Waals surface area contributed by atoms with Gasteiger partial charge in [0.2, 0.25) is 0 Å². The largest absolute Gasteiger partial charge is 0.468 e. The van der Waals surface area contributed by atoms with Crippen LogP contribution in [0.3, 0.4) is 0 Å². The normalized spacial score (nSPS) is 27.5. The average molecular weight is 350 g/mol. The third-order valence-corrected chi connectivity index (χ3v) is 4.96. The highest BCUT2D eigenvalue weighted by Crippen LogP contribution is 2.51. The summed E-state index contributed by atoms with van der Waals surface area (Å²) >= 11 is 0. The van der Waals surface area contributed by atoms with E-state index in [0.29, 0.717) is 12.8 Å². The van der Waals surface area contributed by atoms with Gasteiger partial charge in [0.05, 0.1) is 25.7 Å². The summed E-state index contributed by atoms with van der Waals surface area (Å²) in [5.74, 6) is -2.95. The molecule has 0 spiro atoms. The molecule has 0 saturated heterocycles. The second kappa shape index (κ2) is 7.85. The van der Waals surface area contributed by atoms with Crippen LogP contribution >= 0.6 is 0 Å². The Bertz CT molecular complexity index is 587. The molecule has 0 aromatic carbocycles. The van der Waals surface area contributed by atoms with Gasteiger partial charge in [0, 0.05) is 5.92 Å². The first-order chi connectivity index (χ1) is 11.9. The van der Waals surface area contributed by atoms with E-state index in [1.165, 1.54) is 7.11 Å². The first-order valence-electron chi connectivity index (χ1n) is 8.67. The summed E-state index contributed by atoms with van der Waals surface area (Å²) in [6.45, 7) is 5.75. The molecule has 2 aliphatic rings. The van der Waals surface area contributed by atoms with Gasteiger partial charge in [-0.15, -0.1) is 0 Å². The maximum Gasteiger partial charge on any atom is 0.320 e. The third-order valence-electron chi connectivity index (χ3n) is 4.96. The lowest BCUT2D eigenvalue weighted by molar-refractivity contribution is -0.164. The Morgan fingerprint density at radius 1 is 1.20 bits per heavy atom. The zero-order valence-corrected chi connectivity index (χ0v) is 15.2. The standard InChI is InChI=1S/C19H26O6/c1-5-24-16(20)15(17(21)25-6-2)13-7-8-19(18(22)23-4)11-12(3)9-14(19)10-13/h7-9,13-15H,5-6,10-11H2,1-4H3/t13-,14+,19-/m0/s1. The van der Waals surface area contributed by atoms with Crippen molar-refractivity contribution in [1.29, 1.82) is 0 Å². The van der Waals surface area contributed by atoms with Gasteiger partial charge < -0.3 is 14.2 Å². The first-order valence-corrected chi connectivity index (χ1v) is 8.67. The lowest BCUT2D eigenvalue weighted by Crippen LogP contribution is -2.42. The van der Waals surface area contributed by atoms with E-state index >= 15 is 0 Å². The number of carbonyl (C=O) groups excluding carboxylic acids is 3. The zero-order valence-electron chi connectivity index (χ0n) is 15.2. The summed E-state index contributed by atoms with van der Waals surface area (Å²) in [6.07, 6.45) is 6.71. The predicted molar refractivity (Wildman–Crippen MR) is 90.3 cm³/mol. The van der Waals surface area contributed by atoms with Crippen molar-refractivity contribution in [2.24, 2.45) is 23.2 Å². The average Bonchev–Trinajstić information content (AvgIpc) is 2.91. The van der Waals surface area contributed by atoms with Crippen molar-refractivity contribution < 1.29 is 28.6 Å². The molecule has 6 nitrogen and oxygen atoms in total. The molecule has 3 atom stereocenters. The Morgan fingerprint density at radius 2 is 1.80 bits per heavy atom. The molecule has 0 aromatic heterocycles. The highest BCUT2D eigenvalue weighted by Gasteiger charge is 2.52.